The maximum Gasteiger partial charge on any atom is 0.298 e. The minimum Gasteiger partial charge on any atom is -0.429 e. The SMILES string of the molecule is N#Cc1ccc(OC=O)cc1.NC(=S)c1ccc(OC=O)cc1.c1ccncc1. The number of nitrogens with zero attached hydrogens (tertiary/aromatic N) is 2. The molecule has 0 aliphatic rings. The number of rotatable bonds is 5. The van der Waals surface area contributed by atoms with Crippen LogP contribution >= 0.6 is 12.2 Å². The Bertz CT molecular complexity index is 898. The van der Waals surface area contributed by atoms with Crippen molar-refractivity contribution in [2.24, 2.45) is 5.73 Å². The number of hydrogen-bond donors (Lipinski definition) is 1. The molecular formula is C21H17N3O4S. The summed E-state index contributed by atoms with van der Waals surface area (Å²) < 4.78 is 9.09. The molecule has 29 heavy (non-hydrogen) atoms. The van der Waals surface area contributed by atoms with E-state index in [2.05, 4.69) is 14.5 Å². The first-order chi connectivity index (χ1) is 14.1. The normalized spacial score (nSPS) is 8.52. The van der Waals surface area contributed by atoms with Gasteiger partial charge in [0.05, 0.1) is 11.6 Å². The van der Waals surface area contributed by atoms with Gasteiger partial charge >= 0.3 is 0 Å². The van der Waals surface area contributed by atoms with Crippen LogP contribution in [0.1, 0.15) is 11.1 Å². The molecule has 8 heteroatoms. The van der Waals surface area contributed by atoms with E-state index >= 15 is 0 Å². The number of hydrogen-bond acceptors (Lipinski definition) is 7. The van der Waals surface area contributed by atoms with Crippen molar-refractivity contribution in [2.45, 2.75) is 0 Å². The smallest absolute Gasteiger partial charge is 0.298 e. The number of ether oxygens (including phenoxy) is 2. The van der Waals surface area contributed by atoms with Crippen LogP contribution in [0, 0.1) is 11.3 Å². The lowest BCUT2D eigenvalue weighted by Crippen LogP contribution is -2.08. The molecule has 0 radical (unpaired) electrons. The molecule has 0 spiro atoms. The Hall–Kier alpha value is -4.09. The van der Waals surface area contributed by atoms with E-state index in [-0.39, 0.29) is 0 Å². The third-order valence-corrected chi connectivity index (χ3v) is 3.29. The van der Waals surface area contributed by atoms with E-state index in [1.54, 1.807) is 60.9 Å². The average molecular weight is 407 g/mol. The molecule has 0 unspecified atom stereocenters. The number of thiocarbonyl (C=S) groups is 1. The van der Waals surface area contributed by atoms with E-state index in [1.165, 1.54) is 0 Å². The van der Waals surface area contributed by atoms with Crippen molar-refractivity contribution in [3.8, 4) is 17.6 Å². The van der Waals surface area contributed by atoms with Gasteiger partial charge < -0.3 is 15.2 Å². The molecule has 0 aliphatic carbocycles. The topological polar surface area (TPSA) is 115 Å². The number of carbonyl (C=O) groups excluding carboxylic acids is 2. The lowest BCUT2D eigenvalue weighted by atomic mass is 10.2. The molecule has 3 aromatic rings. The molecule has 3 rings (SSSR count). The molecular weight excluding hydrogens is 390 g/mol. The molecule has 1 heterocycles. The van der Waals surface area contributed by atoms with Crippen molar-refractivity contribution in [1.82, 2.24) is 4.98 Å². The highest BCUT2D eigenvalue weighted by Gasteiger charge is 1.96. The zero-order valence-electron chi connectivity index (χ0n) is 15.2. The van der Waals surface area contributed by atoms with Crippen LogP contribution in [0.25, 0.3) is 0 Å². The first-order valence-corrected chi connectivity index (χ1v) is 8.47. The van der Waals surface area contributed by atoms with Gasteiger partial charge in [0.25, 0.3) is 12.9 Å². The Morgan fingerprint density at radius 2 is 1.38 bits per heavy atom. The van der Waals surface area contributed by atoms with Crippen LogP contribution in [0.2, 0.25) is 0 Å². The van der Waals surface area contributed by atoms with Crippen LogP contribution in [0.3, 0.4) is 0 Å². The number of benzene rings is 2. The maximum absolute atomic E-state index is 9.92. The van der Waals surface area contributed by atoms with E-state index in [1.807, 2.05) is 24.3 Å². The highest BCUT2D eigenvalue weighted by atomic mass is 32.1. The second kappa shape index (κ2) is 14.0. The lowest BCUT2D eigenvalue weighted by Gasteiger charge is -1.99. The zero-order chi connectivity index (χ0) is 21.3. The van der Waals surface area contributed by atoms with Gasteiger partial charge in [-0.25, -0.2) is 0 Å². The third kappa shape index (κ3) is 9.98. The minimum atomic E-state index is 0.327. The first-order valence-electron chi connectivity index (χ1n) is 8.06. The Kier molecular flexibility index (Phi) is 11.1. The van der Waals surface area contributed by atoms with Crippen molar-refractivity contribution in [3.63, 3.8) is 0 Å². The number of aromatic nitrogens is 1. The van der Waals surface area contributed by atoms with E-state index < -0.39 is 0 Å². The van der Waals surface area contributed by atoms with Crippen molar-refractivity contribution in [2.75, 3.05) is 0 Å². The summed E-state index contributed by atoms with van der Waals surface area (Å²) >= 11 is 4.74. The molecule has 7 nitrogen and oxygen atoms in total. The Labute approximate surface area is 173 Å². The molecule has 0 fully saturated rings. The Morgan fingerprint density at radius 3 is 1.69 bits per heavy atom. The fourth-order valence-corrected chi connectivity index (χ4v) is 1.87. The van der Waals surface area contributed by atoms with Gasteiger partial charge in [-0.3, -0.25) is 14.6 Å². The van der Waals surface area contributed by atoms with E-state index in [4.69, 9.17) is 23.2 Å². The molecule has 2 N–H and O–H groups in total. The molecule has 0 bridgehead atoms. The predicted octanol–water partition coefficient (Wildman–Crippen LogP) is 3.03. The molecule has 2 aromatic carbocycles. The fraction of sp³-hybridized carbons (Fsp3) is 0. The summed E-state index contributed by atoms with van der Waals surface area (Å²) in [4.78, 5) is 23.9. The van der Waals surface area contributed by atoms with Crippen molar-refractivity contribution in [3.05, 3.63) is 90.3 Å². The largest absolute Gasteiger partial charge is 0.429 e. The van der Waals surface area contributed by atoms with Gasteiger partial charge in [0, 0.05) is 18.0 Å². The molecule has 1 aromatic heterocycles. The summed E-state index contributed by atoms with van der Waals surface area (Å²) in [7, 11) is 0. The lowest BCUT2D eigenvalue weighted by molar-refractivity contribution is -0.121. The average Bonchev–Trinajstić information content (AvgIpc) is 2.77. The summed E-state index contributed by atoms with van der Waals surface area (Å²) in [6, 6.07) is 20.6. The molecule has 146 valence electrons. The quantitative estimate of drug-likeness (QED) is 0.507. The Morgan fingerprint density at radius 1 is 0.897 bits per heavy atom. The van der Waals surface area contributed by atoms with Crippen LogP contribution in [-0.4, -0.2) is 22.9 Å². The third-order valence-electron chi connectivity index (χ3n) is 3.06. The van der Waals surface area contributed by atoms with E-state index in [0.717, 1.165) is 5.56 Å². The molecule has 0 saturated carbocycles. The van der Waals surface area contributed by atoms with Crippen molar-refractivity contribution >= 4 is 30.2 Å². The number of pyridine rings is 1. The highest BCUT2D eigenvalue weighted by molar-refractivity contribution is 7.80. The second-order valence-corrected chi connectivity index (χ2v) is 5.42. The molecule has 0 atom stereocenters. The van der Waals surface area contributed by atoms with Gasteiger partial charge in [-0.1, -0.05) is 18.3 Å². The maximum atomic E-state index is 9.92. The van der Waals surface area contributed by atoms with Crippen LogP contribution < -0.4 is 15.2 Å². The van der Waals surface area contributed by atoms with Gasteiger partial charge in [-0.05, 0) is 60.7 Å². The highest BCUT2D eigenvalue weighted by Crippen LogP contribution is 2.11. The summed E-state index contributed by atoms with van der Waals surface area (Å²) in [5.74, 6) is 0.920. The first kappa shape index (κ1) is 23.0. The minimum absolute atomic E-state index is 0.327. The van der Waals surface area contributed by atoms with Crippen LogP contribution in [0.15, 0.2) is 79.1 Å². The summed E-state index contributed by atoms with van der Waals surface area (Å²) in [5.41, 5.74) is 6.66. The van der Waals surface area contributed by atoms with Crippen LogP contribution in [-0.2, 0) is 9.59 Å². The standard InChI is InChI=1S/C8H7NO2S.C8H5NO2.C5H5N/c9-8(12)6-1-3-7(4-2-6)11-5-10;9-5-7-1-3-8(4-2-7)11-6-10;1-2-4-6-5-3-1/h1-5H,(H2,9,12);1-4,6H;1-5H. The second-order valence-electron chi connectivity index (χ2n) is 4.98. The predicted molar refractivity (Wildman–Crippen MR) is 111 cm³/mol. The van der Waals surface area contributed by atoms with Crippen LogP contribution in [0.4, 0.5) is 0 Å². The summed E-state index contributed by atoms with van der Waals surface area (Å²) in [5, 5.41) is 8.40. The Balaban J connectivity index is 0.000000229. The molecule has 0 aliphatic heterocycles. The molecule has 0 amide bonds. The van der Waals surface area contributed by atoms with E-state index in [9.17, 15) is 9.59 Å². The van der Waals surface area contributed by atoms with E-state index in [0.29, 0.717) is 35.0 Å². The van der Waals surface area contributed by atoms with Gasteiger partial charge in [0.15, 0.2) is 0 Å². The summed E-state index contributed by atoms with van der Waals surface area (Å²) in [6.45, 7) is 0.719. The molecule has 0 saturated heterocycles. The fourth-order valence-electron chi connectivity index (χ4n) is 1.73. The van der Waals surface area contributed by atoms with Gasteiger partial charge in [0.2, 0.25) is 0 Å². The number of nitriles is 1. The summed E-state index contributed by atoms with van der Waals surface area (Å²) in [6.07, 6.45) is 3.50. The number of carbonyl (C=O) groups is 2. The number of nitrogens with two attached hydrogens (primary N) is 1. The van der Waals surface area contributed by atoms with Gasteiger partial charge in [-0.2, -0.15) is 5.26 Å². The monoisotopic (exact) mass is 407 g/mol. The van der Waals surface area contributed by atoms with Crippen molar-refractivity contribution < 1.29 is 19.1 Å². The van der Waals surface area contributed by atoms with Crippen molar-refractivity contribution in [1.29, 1.82) is 5.26 Å². The van der Waals surface area contributed by atoms with Crippen LogP contribution in [0.5, 0.6) is 11.5 Å². The van der Waals surface area contributed by atoms with Gasteiger partial charge in [0.1, 0.15) is 16.5 Å². The zero-order valence-corrected chi connectivity index (χ0v) is 16.0. The van der Waals surface area contributed by atoms with Gasteiger partial charge in [-0.15, -0.1) is 0 Å².